The number of hydrogen-bond donors (Lipinski definition) is 1. The van der Waals surface area contributed by atoms with E-state index >= 15 is 0 Å². The fraction of sp³-hybridized carbons (Fsp3) is 0.100. The number of aryl methyl sites for hydroxylation is 1. The highest BCUT2D eigenvalue weighted by molar-refractivity contribution is 6.31. The maximum atomic E-state index is 13.5. The number of halogens is 2. The van der Waals surface area contributed by atoms with E-state index < -0.39 is 5.82 Å². The first kappa shape index (κ1) is 9.21. The van der Waals surface area contributed by atoms with Crippen LogP contribution < -0.4 is 0 Å². The first-order valence-electron chi connectivity index (χ1n) is 4.14. The van der Waals surface area contributed by atoms with E-state index in [-0.39, 0.29) is 5.02 Å². The minimum atomic E-state index is -0.441. The second-order valence-electron chi connectivity index (χ2n) is 3.02. The maximum Gasteiger partial charge on any atom is 0.152 e. The van der Waals surface area contributed by atoms with Crippen molar-refractivity contribution in [3.8, 4) is 11.4 Å². The third-order valence-electron chi connectivity index (χ3n) is 1.91. The van der Waals surface area contributed by atoms with E-state index in [0.717, 1.165) is 5.69 Å². The van der Waals surface area contributed by atoms with E-state index in [4.69, 9.17) is 11.6 Å². The molecule has 0 saturated heterocycles. The summed E-state index contributed by atoms with van der Waals surface area (Å²) in [5.74, 6) is 0.0611. The molecule has 0 bridgehead atoms. The zero-order chi connectivity index (χ0) is 10.1. The van der Waals surface area contributed by atoms with Gasteiger partial charge in [-0.3, -0.25) is 0 Å². The summed E-state index contributed by atoms with van der Waals surface area (Å²) in [5.41, 5.74) is 1.28. The number of aromatic amines is 1. The molecule has 2 aromatic rings. The highest BCUT2D eigenvalue weighted by Gasteiger charge is 2.10. The average molecular weight is 211 g/mol. The number of benzene rings is 1. The summed E-state index contributed by atoms with van der Waals surface area (Å²) in [6.07, 6.45) is 1.65. The van der Waals surface area contributed by atoms with Crippen LogP contribution in [0.3, 0.4) is 0 Å². The zero-order valence-corrected chi connectivity index (χ0v) is 8.27. The van der Waals surface area contributed by atoms with Crippen LogP contribution in [-0.2, 0) is 0 Å². The molecule has 1 aromatic heterocycles. The molecular formula is C10H8ClFN2. The van der Waals surface area contributed by atoms with Crippen molar-refractivity contribution in [1.82, 2.24) is 9.97 Å². The van der Waals surface area contributed by atoms with Gasteiger partial charge < -0.3 is 4.98 Å². The van der Waals surface area contributed by atoms with Gasteiger partial charge in [0.15, 0.2) is 5.82 Å². The third-order valence-corrected chi connectivity index (χ3v) is 2.20. The number of hydrogen-bond acceptors (Lipinski definition) is 1. The Balaban J connectivity index is 2.57. The van der Waals surface area contributed by atoms with Gasteiger partial charge in [-0.05, 0) is 19.1 Å². The molecule has 0 aliphatic carbocycles. The van der Waals surface area contributed by atoms with E-state index in [1.54, 1.807) is 18.3 Å². The van der Waals surface area contributed by atoms with Crippen LogP contribution in [0.1, 0.15) is 5.69 Å². The van der Waals surface area contributed by atoms with Gasteiger partial charge in [0.2, 0.25) is 0 Å². The SMILES string of the molecule is Cc1cnc(-c2cccc(Cl)c2F)[nH]1. The molecule has 1 N–H and O–H groups in total. The molecule has 0 aliphatic heterocycles. The lowest BCUT2D eigenvalue weighted by Gasteiger charge is -2.00. The molecule has 0 fully saturated rings. The van der Waals surface area contributed by atoms with E-state index in [2.05, 4.69) is 9.97 Å². The van der Waals surface area contributed by atoms with Crippen molar-refractivity contribution in [3.05, 3.63) is 40.9 Å². The van der Waals surface area contributed by atoms with Crippen molar-refractivity contribution in [2.24, 2.45) is 0 Å². The first-order chi connectivity index (χ1) is 6.68. The summed E-state index contributed by atoms with van der Waals surface area (Å²) >= 11 is 5.65. The Morgan fingerprint density at radius 2 is 2.21 bits per heavy atom. The molecule has 0 saturated carbocycles. The lowest BCUT2D eigenvalue weighted by Crippen LogP contribution is -1.87. The summed E-state index contributed by atoms with van der Waals surface area (Å²) < 4.78 is 13.5. The highest BCUT2D eigenvalue weighted by Crippen LogP contribution is 2.25. The number of nitrogens with one attached hydrogen (secondary N) is 1. The van der Waals surface area contributed by atoms with Crippen molar-refractivity contribution >= 4 is 11.6 Å². The highest BCUT2D eigenvalue weighted by atomic mass is 35.5. The van der Waals surface area contributed by atoms with Crippen molar-refractivity contribution < 1.29 is 4.39 Å². The molecule has 2 rings (SSSR count). The standard InChI is InChI=1S/C10H8ClFN2/c1-6-5-13-10(14-6)7-3-2-4-8(11)9(7)12/h2-5H,1H3,(H,13,14). The van der Waals surface area contributed by atoms with Crippen molar-refractivity contribution in [1.29, 1.82) is 0 Å². The second-order valence-corrected chi connectivity index (χ2v) is 3.42. The van der Waals surface area contributed by atoms with Gasteiger partial charge in [-0.15, -0.1) is 0 Å². The van der Waals surface area contributed by atoms with Gasteiger partial charge in [-0.2, -0.15) is 0 Å². The van der Waals surface area contributed by atoms with Crippen molar-refractivity contribution in [2.75, 3.05) is 0 Å². The van der Waals surface area contributed by atoms with Crippen LogP contribution in [0.15, 0.2) is 24.4 Å². The van der Waals surface area contributed by atoms with Crippen LogP contribution in [0.5, 0.6) is 0 Å². The first-order valence-corrected chi connectivity index (χ1v) is 4.52. The van der Waals surface area contributed by atoms with E-state index in [0.29, 0.717) is 11.4 Å². The minimum Gasteiger partial charge on any atom is -0.342 e. The molecule has 72 valence electrons. The monoisotopic (exact) mass is 210 g/mol. The number of aromatic nitrogens is 2. The van der Waals surface area contributed by atoms with Gasteiger partial charge in [0.05, 0.1) is 10.6 Å². The van der Waals surface area contributed by atoms with Crippen LogP contribution in [0.2, 0.25) is 5.02 Å². The minimum absolute atomic E-state index is 0.108. The van der Waals surface area contributed by atoms with Crippen LogP contribution >= 0.6 is 11.6 Å². The Labute approximate surface area is 85.8 Å². The lowest BCUT2D eigenvalue weighted by atomic mass is 10.2. The number of imidazole rings is 1. The summed E-state index contributed by atoms with van der Waals surface area (Å²) in [6, 6.07) is 4.84. The Kier molecular flexibility index (Phi) is 2.25. The van der Waals surface area contributed by atoms with Crippen molar-refractivity contribution in [3.63, 3.8) is 0 Å². The predicted molar refractivity (Wildman–Crippen MR) is 53.7 cm³/mol. The summed E-state index contributed by atoms with van der Waals surface area (Å²) in [5, 5.41) is 0.108. The molecule has 0 atom stereocenters. The van der Waals surface area contributed by atoms with E-state index in [1.807, 2.05) is 6.92 Å². The van der Waals surface area contributed by atoms with Gasteiger partial charge in [-0.25, -0.2) is 9.37 Å². The molecule has 2 nitrogen and oxygen atoms in total. The molecule has 0 aliphatic rings. The summed E-state index contributed by atoms with van der Waals surface area (Å²) in [6.45, 7) is 1.86. The smallest absolute Gasteiger partial charge is 0.152 e. The van der Waals surface area contributed by atoms with Gasteiger partial charge >= 0.3 is 0 Å². The third kappa shape index (κ3) is 1.51. The molecule has 0 radical (unpaired) electrons. The van der Waals surface area contributed by atoms with E-state index in [9.17, 15) is 4.39 Å². The number of rotatable bonds is 1. The topological polar surface area (TPSA) is 28.7 Å². The lowest BCUT2D eigenvalue weighted by molar-refractivity contribution is 0.630. The van der Waals surface area contributed by atoms with Crippen LogP contribution in [0.4, 0.5) is 4.39 Å². The maximum absolute atomic E-state index is 13.5. The predicted octanol–water partition coefficient (Wildman–Crippen LogP) is 3.18. The van der Waals surface area contributed by atoms with Crippen molar-refractivity contribution in [2.45, 2.75) is 6.92 Å². The Hall–Kier alpha value is -1.35. The number of H-pyrrole nitrogens is 1. The molecule has 0 spiro atoms. The molecule has 0 amide bonds. The van der Waals surface area contributed by atoms with Gasteiger partial charge in [0.1, 0.15) is 5.82 Å². The molecule has 1 aromatic carbocycles. The fourth-order valence-electron chi connectivity index (χ4n) is 1.24. The summed E-state index contributed by atoms with van der Waals surface area (Å²) in [4.78, 5) is 6.98. The van der Waals surface area contributed by atoms with Gasteiger partial charge in [0.25, 0.3) is 0 Å². The largest absolute Gasteiger partial charge is 0.342 e. The molecule has 1 heterocycles. The van der Waals surface area contributed by atoms with Gasteiger partial charge in [0, 0.05) is 11.9 Å². The molecule has 0 unspecified atom stereocenters. The molecule has 4 heteroatoms. The molecule has 14 heavy (non-hydrogen) atoms. The number of nitrogens with zero attached hydrogens (tertiary/aromatic N) is 1. The fourth-order valence-corrected chi connectivity index (χ4v) is 1.41. The normalized spacial score (nSPS) is 10.5. The van der Waals surface area contributed by atoms with Crippen LogP contribution in [0.25, 0.3) is 11.4 Å². The zero-order valence-electron chi connectivity index (χ0n) is 7.51. The second kappa shape index (κ2) is 3.42. The van der Waals surface area contributed by atoms with Crippen LogP contribution in [-0.4, -0.2) is 9.97 Å². The summed E-state index contributed by atoms with van der Waals surface area (Å²) in [7, 11) is 0. The quantitative estimate of drug-likeness (QED) is 0.770. The Morgan fingerprint density at radius 3 is 2.86 bits per heavy atom. The average Bonchev–Trinajstić information content (AvgIpc) is 2.57. The van der Waals surface area contributed by atoms with Gasteiger partial charge in [-0.1, -0.05) is 17.7 Å². The Morgan fingerprint density at radius 1 is 1.43 bits per heavy atom. The Bertz CT molecular complexity index is 465. The molecular weight excluding hydrogens is 203 g/mol. The van der Waals surface area contributed by atoms with Crippen LogP contribution in [0, 0.1) is 12.7 Å². The van der Waals surface area contributed by atoms with E-state index in [1.165, 1.54) is 6.07 Å².